The van der Waals surface area contributed by atoms with E-state index in [0.29, 0.717) is 18.4 Å². The van der Waals surface area contributed by atoms with Crippen LogP contribution in [0.1, 0.15) is 31.0 Å². The van der Waals surface area contributed by atoms with E-state index in [9.17, 15) is 0 Å². The molecule has 0 atom stereocenters. The number of nitrogens with zero attached hydrogens (tertiary/aromatic N) is 4. The van der Waals surface area contributed by atoms with Crippen LogP contribution in [0, 0.1) is 0 Å². The van der Waals surface area contributed by atoms with Crippen molar-refractivity contribution in [3.63, 3.8) is 0 Å². The maximum absolute atomic E-state index is 5.76. The van der Waals surface area contributed by atoms with Crippen LogP contribution in [0.4, 0.5) is 5.95 Å². The van der Waals surface area contributed by atoms with Gasteiger partial charge in [-0.15, -0.1) is 0 Å². The van der Waals surface area contributed by atoms with Crippen LogP contribution in [-0.4, -0.2) is 19.5 Å². The number of fused-ring (bicyclic) bond motifs is 1. The first-order chi connectivity index (χ1) is 9.65. The molecule has 2 aliphatic heterocycles. The zero-order valence-corrected chi connectivity index (χ0v) is 11.6. The van der Waals surface area contributed by atoms with Crippen molar-refractivity contribution in [3.05, 3.63) is 47.9 Å². The molecule has 3 rings (SSSR count). The van der Waals surface area contributed by atoms with Crippen LogP contribution in [-0.2, 0) is 6.54 Å². The molecule has 2 aliphatic rings. The fourth-order valence-electron chi connectivity index (χ4n) is 2.29. The molecule has 2 N–H and O–H groups in total. The van der Waals surface area contributed by atoms with Gasteiger partial charge in [0, 0.05) is 0 Å². The van der Waals surface area contributed by atoms with Gasteiger partial charge in [0.25, 0.3) is 0 Å². The van der Waals surface area contributed by atoms with Gasteiger partial charge < -0.3 is 10.3 Å². The Balaban J connectivity index is 2.06. The van der Waals surface area contributed by atoms with Gasteiger partial charge in [0.05, 0.1) is 18.6 Å². The van der Waals surface area contributed by atoms with Crippen LogP contribution in [0.2, 0.25) is 0 Å². The highest BCUT2D eigenvalue weighted by Crippen LogP contribution is 2.28. The molecule has 0 spiro atoms. The minimum atomic E-state index is 0.292. The summed E-state index contributed by atoms with van der Waals surface area (Å²) in [6.45, 7) is 4.89. The minimum Gasteiger partial charge on any atom is -0.368 e. The van der Waals surface area contributed by atoms with E-state index >= 15 is 0 Å². The Labute approximate surface area is 117 Å². The minimum absolute atomic E-state index is 0.292. The fraction of sp³-hybridized carbons (Fsp3) is 0.267. The van der Waals surface area contributed by atoms with E-state index in [4.69, 9.17) is 5.73 Å². The highest BCUT2D eigenvalue weighted by molar-refractivity contribution is 5.59. The van der Waals surface area contributed by atoms with Crippen molar-refractivity contribution in [1.29, 1.82) is 0 Å². The largest absolute Gasteiger partial charge is 0.368 e. The smallest absolute Gasteiger partial charge is 0.222 e. The van der Waals surface area contributed by atoms with E-state index in [-0.39, 0.29) is 0 Å². The van der Waals surface area contributed by atoms with Gasteiger partial charge >= 0.3 is 0 Å². The Morgan fingerprint density at radius 2 is 1.90 bits per heavy atom. The third-order valence-electron chi connectivity index (χ3n) is 3.25. The first-order valence-electron chi connectivity index (χ1n) is 6.67. The van der Waals surface area contributed by atoms with Gasteiger partial charge in [-0.25, -0.2) is 9.97 Å². The van der Waals surface area contributed by atoms with E-state index in [1.807, 2.05) is 29.1 Å². The molecule has 0 radical (unpaired) electrons. The molecule has 0 unspecified atom stereocenters. The molecule has 0 saturated heterocycles. The van der Waals surface area contributed by atoms with Crippen LogP contribution in [0.25, 0.3) is 11.5 Å². The standard InChI is InChI=1S/C15H17N5/c1-10(2)12-13-14(19-15(16)18-13)20(9-17-12)8-11-6-4-3-5-7-11/h3-7,9-10H,8H2,1-2H3,(H2,16,18). The van der Waals surface area contributed by atoms with Gasteiger partial charge in [-0.05, 0) is 11.5 Å². The van der Waals surface area contributed by atoms with Crippen LogP contribution >= 0.6 is 0 Å². The summed E-state index contributed by atoms with van der Waals surface area (Å²) in [6, 6.07) is 10.2. The summed E-state index contributed by atoms with van der Waals surface area (Å²) in [5.74, 6) is 1.39. The average molecular weight is 267 g/mol. The fourth-order valence-corrected chi connectivity index (χ4v) is 2.29. The van der Waals surface area contributed by atoms with Crippen molar-refractivity contribution in [2.75, 3.05) is 5.73 Å². The molecule has 1 aromatic rings. The van der Waals surface area contributed by atoms with Crippen molar-refractivity contribution in [1.82, 2.24) is 19.5 Å². The summed E-state index contributed by atoms with van der Waals surface area (Å²) in [7, 11) is 0. The Bertz CT molecular complexity index is 687. The van der Waals surface area contributed by atoms with Gasteiger partial charge in [0.15, 0.2) is 5.82 Å². The van der Waals surface area contributed by atoms with Gasteiger partial charge in [-0.2, -0.15) is 4.98 Å². The van der Waals surface area contributed by atoms with Crippen LogP contribution < -0.4 is 5.73 Å². The van der Waals surface area contributed by atoms with E-state index in [1.165, 1.54) is 5.56 Å². The SMILES string of the molecule is CC(C)c1ncn(Cc2ccccc2)c2nc(N)nc1-2. The molecule has 2 heterocycles. The second-order valence-corrected chi connectivity index (χ2v) is 5.15. The maximum atomic E-state index is 5.76. The summed E-state index contributed by atoms with van der Waals surface area (Å²) in [6.07, 6.45) is 1.82. The number of rotatable bonds is 3. The Hall–Kier alpha value is -2.43. The Morgan fingerprint density at radius 1 is 1.15 bits per heavy atom. The number of nitrogen functional groups attached to an aromatic ring is 1. The number of benzene rings is 1. The number of hydrogen-bond donors (Lipinski definition) is 1. The molecule has 1 aromatic carbocycles. The first kappa shape index (κ1) is 12.6. The first-order valence-corrected chi connectivity index (χ1v) is 6.67. The second-order valence-electron chi connectivity index (χ2n) is 5.15. The third-order valence-corrected chi connectivity index (χ3v) is 3.25. The molecule has 0 amide bonds. The van der Waals surface area contributed by atoms with Crippen LogP contribution in [0.3, 0.4) is 0 Å². The molecule has 5 nitrogen and oxygen atoms in total. The zero-order valence-electron chi connectivity index (χ0n) is 11.6. The third kappa shape index (κ3) is 2.22. The van der Waals surface area contributed by atoms with Crippen LogP contribution in [0.5, 0.6) is 0 Å². The number of anilines is 1. The molecule has 0 aliphatic carbocycles. The topological polar surface area (TPSA) is 69.6 Å². The van der Waals surface area contributed by atoms with E-state index in [0.717, 1.165) is 17.2 Å². The van der Waals surface area contributed by atoms with Crippen molar-refractivity contribution >= 4 is 5.95 Å². The lowest BCUT2D eigenvalue weighted by Gasteiger charge is -2.14. The van der Waals surface area contributed by atoms with E-state index in [1.54, 1.807) is 0 Å². The number of imidazole rings is 1. The maximum Gasteiger partial charge on any atom is 0.222 e. The van der Waals surface area contributed by atoms with Gasteiger partial charge in [0.1, 0.15) is 5.69 Å². The van der Waals surface area contributed by atoms with Gasteiger partial charge in [-0.1, -0.05) is 44.2 Å². The molecular weight excluding hydrogens is 250 g/mol. The molecule has 0 aromatic heterocycles. The quantitative estimate of drug-likeness (QED) is 0.791. The monoisotopic (exact) mass is 267 g/mol. The highest BCUT2D eigenvalue weighted by Gasteiger charge is 2.20. The van der Waals surface area contributed by atoms with E-state index in [2.05, 4.69) is 40.9 Å². The van der Waals surface area contributed by atoms with Gasteiger partial charge in [0.2, 0.25) is 5.95 Å². The summed E-state index contributed by atoms with van der Waals surface area (Å²) < 4.78 is 1.99. The number of aromatic nitrogens is 4. The zero-order chi connectivity index (χ0) is 14.1. The van der Waals surface area contributed by atoms with Crippen molar-refractivity contribution in [3.8, 4) is 11.5 Å². The molecule has 0 fully saturated rings. The summed E-state index contributed by atoms with van der Waals surface area (Å²) in [5.41, 5.74) is 8.69. The Kier molecular flexibility index (Phi) is 3.10. The lowest BCUT2D eigenvalue weighted by molar-refractivity contribution is 0.725. The lowest BCUT2D eigenvalue weighted by atomic mass is 10.1. The van der Waals surface area contributed by atoms with Crippen LogP contribution in [0.15, 0.2) is 36.7 Å². The second kappa shape index (κ2) is 4.92. The molecule has 102 valence electrons. The molecule has 5 heteroatoms. The van der Waals surface area contributed by atoms with Crippen molar-refractivity contribution in [2.45, 2.75) is 26.3 Å². The normalized spacial score (nSPS) is 11.3. The number of nitrogens with two attached hydrogens (primary N) is 1. The van der Waals surface area contributed by atoms with Crippen molar-refractivity contribution in [2.24, 2.45) is 0 Å². The summed E-state index contributed by atoms with van der Waals surface area (Å²) in [4.78, 5) is 13.2. The predicted octanol–water partition coefficient (Wildman–Crippen LogP) is 2.53. The number of hydrogen-bond acceptors (Lipinski definition) is 4. The van der Waals surface area contributed by atoms with Gasteiger partial charge in [-0.3, -0.25) is 0 Å². The molecular formula is C15H17N5. The summed E-state index contributed by atoms with van der Waals surface area (Å²) >= 11 is 0. The molecule has 0 bridgehead atoms. The lowest BCUT2D eigenvalue weighted by Crippen LogP contribution is -2.10. The highest BCUT2D eigenvalue weighted by atomic mass is 15.2. The molecule has 0 saturated carbocycles. The summed E-state index contributed by atoms with van der Waals surface area (Å²) in [5, 5.41) is 0. The molecule has 20 heavy (non-hydrogen) atoms. The Morgan fingerprint density at radius 3 is 2.60 bits per heavy atom. The van der Waals surface area contributed by atoms with Crippen molar-refractivity contribution < 1.29 is 0 Å². The average Bonchev–Trinajstić information content (AvgIpc) is 2.81. The van der Waals surface area contributed by atoms with E-state index < -0.39 is 0 Å². The predicted molar refractivity (Wildman–Crippen MR) is 78.5 cm³/mol.